The number of aromatic amines is 1. The van der Waals surface area contributed by atoms with Crippen LogP contribution in [-0.4, -0.2) is 50.6 Å². The molecule has 1 spiro atoms. The van der Waals surface area contributed by atoms with Crippen molar-refractivity contribution in [3.8, 4) is 6.07 Å². The molecule has 9 heteroatoms. The number of nitriles is 1. The lowest BCUT2D eigenvalue weighted by Gasteiger charge is -2.39. The normalized spacial score (nSPS) is 20.4. The zero-order valence-corrected chi connectivity index (χ0v) is 17.0. The van der Waals surface area contributed by atoms with Crippen molar-refractivity contribution in [1.82, 2.24) is 25.3 Å². The number of amides is 1. The van der Waals surface area contributed by atoms with E-state index >= 15 is 0 Å². The third kappa shape index (κ3) is 3.49. The van der Waals surface area contributed by atoms with Gasteiger partial charge in [0.1, 0.15) is 23.9 Å². The molecule has 1 amide bonds. The number of aliphatic hydroxyl groups is 1. The number of rotatable bonds is 5. The van der Waals surface area contributed by atoms with Gasteiger partial charge in [-0.1, -0.05) is 0 Å². The molecule has 9 nitrogen and oxygen atoms in total. The standard InChI is InChI=1S/C22H23N7O2/c23-9-14-1-2-17(25-10-14)18(11-30)28-21(31)16-4-8-29(12-22(16)5-6-22)20-15-3-7-24-19(15)26-13-27-20/h1-3,7,10,13,16,18,30H,4-6,8,11-12H2,(H,28,31)(H,24,26,27)/t16-,18?/m1/s1. The summed E-state index contributed by atoms with van der Waals surface area (Å²) in [7, 11) is 0. The first-order valence-electron chi connectivity index (χ1n) is 10.4. The summed E-state index contributed by atoms with van der Waals surface area (Å²) >= 11 is 0. The van der Waals surface area contributed by atoms with Crippen LogP contribution < -0.4 is 10.2 Å². The topological polar surface area (TPSA) is 131 Å². The predicted octanol–water partition coefficient (Wildman–Crippen LogP) is 1.68. The Balaban J connectivity index is 1.31. The molecular weight excluding hydrogens is 394 g/mol. The van der Waals surface area contributed by atoms with Gasteiger partial charge in [-0.05, 0) is 42.9 Å². The number of fused-ring (bicyclic) bond motifs is 1. The third-order valence-corrected chi connectivity index (χ3v) is 6.55. The lowest BCUT2D eigenvalue weighted by Crippen LogP contribution is -2.49. The van der Waals surface area contributed by atoms with Crippen LogP contribution in [0, 0.1) is 22.7 Å². The number of aliphatic hydroxyl groups excluding tert-OH is 1. The van der Waals surface area contributed by atoms with Gasteiger partial charge in [-0.15, -0.1) is 0 Å². The van der Waals surface area contributed by atoms with E-state index in [1.807, 2.05) is 18.3 Å². The Morgan fingerprint density at radius 2 is 2.23 bits per heavy atom. The van der Waals surface area contributed by atoms with E-state index in [2.05, 4.69) is 30.2 Å². The first-order valence-corrected chi connectivity index (χ1v) is 10.4. The molecule has 3 aromatic rings. The molecule has 1 saturated carbocycles. The molecule has 3 N–H and O–H groups in total. The van der Waals surface area contributed by atoms with Crippen molar-refractivity contribution in [2.45, 2.75) is 25.3 Å². The number of pyridine rings is 1. The third-order valence-electron chi connectivity index (χ3n) is 6.55. The van der Waals surface area contributed by atoms with E-state index in [1.165, 1.54) is 6.20 Å². The molecular formula is C22H23N7O2. The van der Waals surface area contributed by atoms with Gasteiger partial charge < -0.3 is 20.3 Å². The fraction of sp³-hybridized carbons (Fsp3) is 0.409. The van der Waals surface area contributed by atoms with Gasteiger partial charge in [0.25, 0.3) is 0 Å². The number of anilines is 1. The zero-order chi connectivity index (χ0) is 21.4. The summed E-state index contributed by atoms with van der Waals surface area (Å²) in [6, 6.07) is 6.73. The van der Waals surface area contributed by atoms with Crippen LogP contribution in [0.25, 0.3) is 11.0 Å². The van der Waals surface area contributed by atoms with E-state index in [0.29, 0.717) is 11.3 Å². The predicted molar refractivity (Wildman–Crippen MR) is 113 cm³/mol. The summed E-state index contributed by atoms with van der Waals surface area (Å²) in [5, 5.41) is 22.7. The van der Waals surface area contributed by atoms with Gasteiger partial charge in [-0.2, -0.15) is 5.26 Å². The number of piperidine rings is 1. The molecule has 1 unspecified atom stereocenters. The van der Waals surface area contributed by atoms with Crippen molar-refractivity contribution in [2.24, 2.45) is 11.3 Å². The van der Waals surface area contributed by atoms with E-state index in [1.54, 1.807) is 18.5 Å². The minimum absolute atomic E-state index is 0.0446. The highest BCUT2D eigenvalue weighted by Gasteiger charge is 2.55. The van der Waals surface area contributed by atoms with E-state index in [0.717, 1.165) is 49.2 Å². The lowest BCUT2D eigenvalue weighted by molar-refractivity contribution is -0.129. The highest BCUT2D eigenvalue weighted by Crippen LogP contribution is 2.56. The monoisotopic (exact) mass is 417 g/mol. The minimum atomic E-state index is -0.588. The molecule has 5 rings (SSSR count). The van der Waals surface area contributed by atoms with Gasteiger partial charge in [-0.3, -0.25) is 9.78 Å². The quantitative estimate of drug-likeness (QED) is 0.576. The van der Waals surface area contributed by atoms with Gasteiger partial charge >= 0.3 is 0 Å². The van der Waals surface area contributed by atoms with Crippen LogP contribution in [0.3, 0.4) is 0 Å². The summed E-state index contributed by atoms with van der Waals surface area (Å²) in [5.74, 6) is 0.753. The summed E-state index contributed by atoms with van der Waals surface area (Å²) in [6.45, 7) is 1.26. The maximum absolute atomic E-state index is 13.2. The van der Waals surface area contributed by atoms with E-state index < -0.39 is 6.04 Å². The number of aromatic nitrogens is 4. The van der Waals surface area contributed by atoms with Crippen LogP contribution in [0.4, 0.5) is 5.82 Å². The number of nitrogens with zero attached hydrogens (tertiary/aromatic N) is 5. The van der Waals surface area contributed by atoms with E-state index in [9.17, 15) is 9.90 Å². The average Bonchev–Trinajstić information content (AvgIpc) is 3.38. The van der Waals surface area contributed by atoms with Gasteiger partial charge in [0.05, 0.1) is 29.3 Å². The van der Waals surface area contributed by atoms with Crippen molar-refractivity contribution in [1.29, 1.82) is 5.26 Å². The fourth-order valence-electron chi connectivity index (χ4n) is 4.69. The van der Waals surface area contributed by atoms with Gasteiger partial charge in [-0.25, -0.2) is 9.97 Å². The number of carbonyl (C=O) groups is 1. The Labute approximate surface area is 179 Å². The Morgan fingerprint density at radius 3 is 2.94 bits per heavy atom. The highest BCUT2D eigenvalue weighted by atomic mass is 16.3. The minimum Gasteiger partial charge on any atom is -0.394 e. The molecule has 1 aliphatic heterocycles. The van der Waals surface area contributed by atoms with Gasteiger partial charge in [0.15, 0.2) is 0 Å². The van der Waals surface area contributed by atoms with Crippen LogP contribution in [-0.2, 0) is 4.79 Å². The van der Waals surface area contributed by atoms with Crippen molar-refractivity contribution < 1.29 is 9.90 Å². The Bertz CT molecular complexity index is 1150. The molecule has 1 saturated heterocycles. The highest BCUT2D eigenvalue weighted by molar-refractivity contribution is 5.88. The van der Waals surface area contributed by atoms with Crippen molar-refractivity contribution >= 4 is 22.8 Å². The van der Waals surface area contributed by atoms with Crippen LogP contribution in [0.1, 0.15) is 36.6 Å². The molecule has 2 aliphatic rings. The van der Waals surface area contributed by atoms with Crippen molar-refractivity contribution in [3.05, 3.63) is 48.2 Å². The van der Waals surface area contributed by atoms with Crippen LogP contribution >= 0.6 is 0 Å². The summed E-state index contributed by atoms with van der Waals surface area (Å²) in [6.07, 6.45) is 7.62. The maximum atomic E-state index is 13.2. The lowest BCUT2D eigenvalue weighted by atomic mass is 9.81. The fourth-order valence-corrected chi connectivity index (χ4v) is 4.69. The second kappa shape index (κ2) is 7.63. The SMILES string of the molecule is N#Cc1ccc(C(CO)NC(=O)[C@H]2CCN(c3ncnc4[nH]ccc34)CC23CC3)nc1. The Hall–Kier alpha value is -3.51. The Kier molecular flexibility index (Phi) is 4.79. The van der Waals surface area contributed by atoms with Gasteiger partial charge in [0.2, 0.25) is 5.91 Å². The molecule has 31 heavy (non-hydrogen) atoms. The van der Waals surface area contributed by atoms with E-state index in [4.69, 9.17) is 5.26 Å². The first kappa shape index (κ1) is 19.5. The summed E-state index contributed by atoms with van der Waals surface area (Å²) in [4.78, 5) is 31.6. The molecule has 3 aromatic heterocycles. The molecule has 4 heterocycles. The summed E-state index contributed by atoms with van der Waals surface area (Å²) < 4.78 is 0. The molecule has 2 fully saturated rings. The molecule has 158 valence electrons. The second-order valence-corrected chi connectivity index (χ2v) is 8.39. The number of hydrogen-bond donors (Lipinski definition) is 3. The number of carbonyl (C=O) groups excluding carboxylic acids is 1. The number of nitrogens with one attached hydrogen (secondary N) is 2. The van der Waals surface area contributed by atoms with Crippen molar-refractivity contribution in [2.75, 3.05) is 24.6 Å². The average molecular weight is 417 g/mol. The molecule has 2 atom stereocenters. The van der Waals surface area contributed by atoms with Crippen LogP contribution in [0.2, 0.25) is 0 Å². The first-order chi connectivity index (χ1) is 15.1. The number of H-pyrrole nitrogens is 1. The smallest absolute Gasteiger partial charge is 0.224 e. The summed E-state index contributed by atoms with van der Waals surface area (Å²) in [5.41, 5.74) is 1.74. The molecule has 0 bridgehead atoms. The maximum Gasteiger partial charge on any atom is 0.224 e. The molecule has 1 aliphatic carbocycles. The van der Waals surface area contributed by atoms with Crippen molar-refractivity contribution in [3.63, 3.8) is 0 Å². The van der Waals surface area contributed by atoms with Crippen LogP contribution in [0.5, 0.6) is 0 Å². The van der Waals surface area contributed by atoms with Gasteiger partial charge in [0, 0.05) is 31.4 Å². The largest absolute Gasteiger partial charge is 0.394 e. The zero-order valence-electron chi connectivity index (χ0n) is 17.0. The second-order valence-electron chi connectivity index (χ2n) is 8.39. The van der Waals surface area contributed by atoms with E-state index in [-0.39, 0.29) is 23.8 Å². The Morgan fingerprint density at radius 1 is 1.35 bits per heavy atom. The molecule has 0 radical (unpaired) electrons. The molecule has 0 aromatic carbocycles. The number of hydrogen-bond acceptors (Lipinski definition) is 7. The van der Waals surface area contributed by atoms with Crippen LogP contribution in [0.15, 0.2) is 36.9 Å².